The van der Waals surface area contributed by atoms with Crippen molar-refractivity contribution >= 4 is 35.7 Å². The standard InChI is InChI=1S/C13H18N2S3/c1-7-8(2)18-11(6-17-7)12-14-10-5-3-4-9(10)13(16)15-12/h7-8,11H,3-6H2,1-2H3,(H,14,15,16). The fourth-order valence-corrected chi connectivity index (χ4v) is 5.75. The van der Waals surface area contributed by atoms with Crippen LogP contribution in [0, 0.1) is 4.64 Å². The first kappa shape index (κ1) is 13.0. The topological polar surface area (TPSA) is 28.7 Å². The van der Waals surface area contributed by atoms with Crippen molar-refractivity contribution in [3.05, 3.63) is 21.7 Å². The minimum absolute atomic E-state index is 0.480. The number of nitrogens with zero attached hydrogens (tertiary/aromatic N) is 1. The molecule has 0 radical (unpaired) electrons. The highest BCUT2D eigenvalue weighted by Gasteiger charge is 2.29. The van der Waals surface area contributed by atoms with Crippen LogP contribution in [0.5, 0.6) is 0 Å². The molecule has 3 rings (SSSR count). The SMILES string of the molecule is CC1SCC(c2nc(=S)c3c([nH]2)CCC3)SC1C. The third-order valence-electron chi connectivity index (χ3n) is 3.83. The number of hydrogen-bond acceptors (Lipinski definition) is 4. The monoisotopic (exact) mass is 298 g/mol. The van der Waals surface area contributed by atoms with Gasteiger partial charge in [0.25, 0.3) is 0 Å². The molecule has 2 heterocycles. The second-order valence-corrected chi connectivity index (χ2v) is 8.49. The van der Waals surface area contributed by atoms with Crippen molar-refractivity contribution in [2.75, 3.05) is 5.75 Å². The molecule has 0 spiro atoms. The van der Waals surface area contributed by atoms with Crippen LogP contribution in [0.4, 0.5) is 0 Å². The van der Waals surface area contributed by atoms with Crippen molar-refractivity contribution in [3.8, 4) is 0 Å². The zero-order valence-corrected chi connectivity index (χ0v) is 13.2. The van der Waals surface area contributed by atoms with Gasteiger partial charge in [-0.3, -0.25) is 0 Å². The highest BCUT2D eigenvalue weighted by atomic mass is 32.2. The first-order chi connectivity index (χ1) is 8.65. The van der Waals surface area contributed by atoms with Crippen molar-refractivity contribution in [2.24, 2.45) is 0 Å². The molecule has 1 fully saturated rings. The Morgan fingerprint density at radius 1 is 1.28 bits per heavy atom. The summed E-state index contributed by atoms with van der Waals surface area (Å²) in [7, 11) is 0. The number of thioether (sulfide) groups is 2. The van der Waals surface area contributed by atoms with E-state index in [-0.39, 0.29) is 0 Å². The first-order valence-corrected chi connectivity index (χ1v) is 8.94. The van der Waals surface area contributed by atoms with Crippen LogP contribution >= 0.6 is 35.7 Å². The zero-order chi connectivity index (χ0) is 12.7. The maximum Gasteiger partial charge on any atom is 0.133 e. The van der Waals surface area contributed by atoms with Crippen molar-refractivity contribution in [3.63, 3.8) is 0 Å². The molecule has 0 bridgehead atoms. The summed E-state index contributed by atoms with van der Waals surface area (Å²) in [5.41, 5.74) is 2.64. The van der Waals surface area contributed by atoms with E-state index in [0.29, 0.717) is 10.5 Å². The van der Waals surface area contributed by atoms with Gasteiger partial charge in [0.2, 0.25) is 0 Å². The van der Waals surface area contributed by atoms with Crippen molar-refractivity contribution in [2.45, 2.75) is 48.9 Å². The van der Waals surface area contributed by atoms with E-state index in [2.05, 4.69) is 35.6 Å². The van der Waals surface area contributed by atoms with E-state index in [1.54, 1.807) is 0 Å². The lowest BCUT2D eigenvalue weighted by Gasteiger charge is -2.30. The Labute approximate surface area is 122 Å². The Bertz CT molecular complexity index is 511. The lowest BCUT2D eigenvalue weighted by Crippen LogP contribution is -2.23. The summed E-state index contributed by atoms with van der Waals surface area (Å²) in [6.45, 7) is 4.63. The van der Waals surface area contributed by atoms with Gasteiger partial charge in [-0.1, -0.05) is 26.1 Å². The molecule has 0 amide bonds. The van der Waals surface area contributed by atoms with Crippen LogP contribution in [-0.4, -0.2) is 26.2 Å². The average molecular weight is 299 g/mol. The van der Waals surface area contributed by atoms with Crippen LogP contribution in [0.1, 0.15) is 42.6 Å². The van der Waals surface area contributed by atoms with E-state index in [1.807, 2.05) is 11.8 Å². The van der Waals surface area contributed by atoms with Gasteiger partial charge in [0.05, 0.1) is 5.25 Å². The Balaban J connectivity index is 1.89. The van der Waals surface area contributed by atoms with Gasteiger partial charge in [-0.2, -0.15) is 11.8 Å². The molecule has 5 heteroatoms. The normalized spacial score (nSPS) is 31.3. The van der Waals surface area contributed by atoms with Gasteiger partial charge in [-0.25, -0.2) is 4.98 Å². The number of fused-ring (bicyclic) bond motifs is 1. The summed E-state index contributed by atoms with van der Waals surface area (Å²) >= 11 is 9.54. The molecule has 1 aliphatic carbocycles. The lowest BCUT2D eigenvalue weighted by molar-refractivity contribution is 0.839. The quantitative estimate of drug-likeness (QED) is 0.795. The minimum Gasteiger partial charge on any atom is -0.346 e. The van der Waals surface area contributed by atoms with E-state index in [1.165, 1.54) is 17.7 Å². The minimum atomic E-state index is 0.480. The van der Waals surface area contributed by atoms with Gasteiger partial charge >= 0.3 is 0 Å². The number of aryl methyl sites for hydroxylation is 1. The van der Waals surface area contributed by atoms with E-state index in [0.717, 1.165) is 34.3 Å². The molecular weight excluding hydrogens is 280 g/mol. The number of hydrogen-bond donors (Lipinski definition) is 1. The Kier molecular flexibility index (Phi) is 3.74. The molecular formula is C13H18N2S3. The van der Waals surface area contributed by atoms with Crippen molar-refractivity contribution < 1.29 is 0 Å². The van der Waals surface area contributed by atoms with Crippen LogP contribution in [0.3, 0.4) is 0 Å². The van der Waals surface area contributed by atoms with Gasteiger partial charge in [0, 0.05) is 27.5 Å². The maximum absolute atomic E-state index is 5.44. The smallest absolute Gasteiger partial charge is 0.133 e. The fourth-order valence-electron chi connectivity index (χ4n) is 2.56. The van der Waals surface area contributed by atoms with Crippen molar-refractivity contribution in [1.29, 1.82) is 0 Å². The second kappa shape index (κ2) is 5.17. The molecule has 1 aromatic heterocycles. The summed E-state index contributed by atoms with van der Waals surface area (Å²) < 4.78 is 0.841. The number of nitrogens with one attached hydrogen (secondary N) is 1. The Hall–Kier alpha value is -0.000000000000000111. The van der Waals surface area contributed by atoms with Crippen LogP contribution in [0.2, 0.25) is 0 Å². The third-order valence-corrected chi connectivity index (χ3v) is 7.57. The molecule has 0 aromatic carbocycles. The van der Waals surface area contributed by atoms with Gasteiger partial charge in [-0.05, 0) is 19.3 Å². The van der Waals surface area contributed by atoms with Crippen LogP contribution in [0.25, 0.3) is 0 Å². The predicted octanol–water partition coefficient (Wildman–Crippen LogP) is 3.93. The second-order valence-electron chi connectivity index (χ2n) is 5.11. The number of H-pyrrole nitrogens is 1. The van der Waals surface area contributed by atoms with Gasteiger partial charge in [0.15, 0.2) is 0 Å². The lowest BCUT2D eigenvalue weighted by atomic mass is 10.2. The van der Waals surface area contributed by atoms with Gasteiger partial charge in [-0.15, -0.1) is 11.8 Å². The highest BCUT2D eigenvalue weighted by Crippen LogP contribution is 2.43. The Morgan fingerprint density at radius 3 is 2.89 bits per heavy atom. The molecule has 18 heavy (non-hydrogen) atoms. The molecule has 3 unspecified atom stereocenters. The molecule has 1 aliphatic heterocycles. The molecule has 2 nitrogen and oxygen atoms in total. The molecule has 3 atom stereocenters. The fraction of sp³-hybridized carbons (Fsp3) is 0.692. The van der Waals surface area contributed by atoms with Gasteiger partial charge in [0.1, 0.15) is 10.5 Å². The molecule has 2 aliphatic rings. The molecule has 98 valence electrons. The van der Waals surface area contributed by atoms with Crippen LogP contribution in [0.15, 0.2) is 0 Å². The summed E-state index contributed by atoms with van der Waals surface area (Å²) in [6, 6.07) is 0. The van der Waals surface area contributed by atoms with Crippen LogP contribution < -0.4 is 0 Å². The molecule has 1 saturated heterocycles. The predicted molar refractivity (Wildman–Crippen MR) is 83.2 cm³/mol. The van der Waals surface area contributed by atoms with Gasteiger partial charge < -0.3 is 4.98 Å². The molecule has 0 saturated carbocycles. The maximum atomic E-state index is 5.44. The summed E-state index contributed by atoms with van der Waals surface area (Å²) in [4.78, 5) is 8.21. The van der Waals surface area contributed by atoms with E-state index in [4.69, 9.17) is 12.2 Å². The number of rotatable bonds is 1. The molecule has 1 N–H and O–H groups in total. The Morgan fingerprint density at radius 2 is 2.11 bits per heavy atom. The van der Waals surface area contributed by atoms with E-state index < -0.39 is 0 Å². The largest absolute Gasteiger partial charge is 0.346 e. The van der Waals surface area contributed by atoms with E-state index in [9.17, 15) is 0 Å². The summed E-state index contributed by atoms with van der Waals surface area (Å²) in [5.74, 6) is 2.25. The number of aromatic nitrogens is 2. The first-order valence-electron chi connectivity index (χ1n) is 6.54. The summed E-state index contributed by atoms with van der Waals surface area (Å²) in [6.07, 6.45) is 3.48. The average Bonchev–Trinajstić information content (AvgIpc) is 2.81. The van der Waals surface area contributed by atoms with E-state index >= 15 is 0 Å². The highest BCUT2D eigenvalue weighted by molar-refractivity contribution is 8.07. The molecule has 1 aromatic rings. The van der Waals surface area contributed by atoms with Crippen molar-refractivity contribution in [1.82, 2.24) is 9.97 Å². The zero-order valence-electron chi connectivity index (χ0n) is 10.7. The number of aromatic amines is 1. The third kappa shape index (κ3) is 2.37. The summed E-state index contributed by atoms with van der Waals surface area (Å²) in [5, 5.41) is 1.91. The van der Waals surface area contributed by atoms with Crippen LogP contribution in [-0.2, 0) is 12.8 Å².